The van der Waals surface area contributed by atoms with Crippen LogP contribution in [0.5, 0.6) is 11.5 Å². The summed E-state index contributed by atoms with van der Waals surface area (Å²) < 4.78 is 56.6. The Morgan fingerprint density at radius 2 is 1.27 bits per heavy atom. The van der Waals surface area contributed by atoms with Crippen molar-refractivity contribution in [2.45, 2.75) is 90.3 Å². The van der Waals surface area contributed by atoms with Gasteiger partial charge in [0.25, 0.3) is 47.6 Å². The smallest absolute Gasteiger partial charge is 0.313 e. The quantitative estimate of drug-likeness (QED) is 0.0978. The van der Waals surface area contributed by atoms with Gasteiger partial charge in [0.1, 0.15) is 33.4 Å². The van der Waals surface area contributed by atoms with Crippen LogP contribution in [0.2, 0.25) is 39.3 Å². The molecule has 0 aliphatic heterocycles. The summed E-state index contributed by atoms with van der Waals surface area (Å²) in [6, 6.07) is 15.1. The first-order valence-corrected chi connectivity index (χ1v) is 30.2. The molecule has 19 heteroatoms. The molecular formula is C26H56N2O9Si8. The van der Waals surface area contributed by atoms with E-state index in [2.05, 4.69) is 46.6 Å². The maximum Gasteiger partial charge on any atom is 0.313 e. The number of rotatable bonds is 23. The third-order valence-electron chi connectivity index (χ3n) is 6.81. The minimum absolute atomic E-state index is 0.224. The lowest BCUT2D eigenvalue weighted by Crippen LogP contribution is -2.67. The van der Waals surface area contributed by atoms with Crippen LogP contribution in [-0.2, 0) is 28.8 Å². The maximum atomic E-state index is 7.35. The average Bonchev–Trinajstić information content (AvgIpc) is 2.93. The Kier molecular flexibility index (Phi) is 17.7. The van der Waals surface area contributed by atoms with Crippen molar-refractivity contribution in [3.63, 3.8) is 0 Å². The normalized spacial score (nSPS) is 16.5. The molecule has 0 aromatic heterocycles. The highest BCUT2D eigenvalue weighted by molar-refractivity contribution is 6.88. The minimum atomic E-state index is -2.93. The summed E-state index contributed by atoms with van der Waals surface area (Å²) in [5, 5.41) is 0. The number of hydrogen-bond acceptors (Lipinski definition) is 11. The van der Waals surface area contributed by atoms with E-state index < -0.39 is 64.7 Å². The lowest BCUT2D eigenvalue weighted by Gasteiger charge is -2.46. The Labute approximate surface area is 285 Å². The Bertz CT molecular complexity index is 1080. The van der Waals surface area contributed by atoms with Gasteiger partial charge < -0.3 is 49.7 Å². The molecule has 0 aliphatic carbocycles. The van der Waals surface area contributed by atoms with Gasteiger partial charge in [-0.3, -0.25) is 0 Å². The van der Waals surface area contributed by atoms with E-state index in [1.54, 1.807) is 0 Å². The number of hydrogen-bond donors (Lipinski definition) is 2. The summed E-state index contributed by atoms with van der Waals surface area (Å²) in [6.07, 6.45) is 3.42. The van der Waals surface area contributed by atoms with Gasteiger partial charge in [0.2, 0.25) is 0 Å². The second-order valence-corrected chi connectivity index (χ2v) is 32.6. The van der Waals surface area contributed by atoms with Crippen molar-refractivity contribution in [1.29, 1.82) is 0 Å². The highest BCUT2D eigenvalue weighted by atomic mass is 28.5. The molecule has 0 saturated carbocycles. The van der Waals surface area contributed by atoms with Crippen molar-refractivity contribution in [1.82, 2.24) is 0 Å². The minimum Gasteiger partial charge on any atom is -0.491 e. The fourth-order valence-electron chi connectivity index (χ4n) is 5.25. The number of nitrogens with two attached hydrogens (primary N) is 2. The van der Waals surface area contributed by atoms with Gasteiger partial charge in [-0.2, -0.15) is 0 Å². The third kappa shape index (κ3) is 14.8. The van der Waals surface area contributed by atoms with Crippen LogP contribution >= 0.6 is 0 Å². The fourth-order valence-corrected chi connectivity index (χ4v) is 29.7. The Balaban J connectivity index is 2.35. The molecule has 0 spiro atoms. The topological polar surface area (TPSA) is 135 Å². The van der Waals surface area contributed by atoms with Crippen LogP contribution in [-0.4, -0.2) is 86.7 Å². The molecule has 0 bridgehead atoms. The van der Waals surface area contributed by atoms with Crippen LogP contribution in [0, 0.1) is 0 Å². The van der Waals surface area contributed by atoms with E-state index >= 15 is 0 Å². The molecule has 0 fully saturated rings. The van der Waals surface area contributed by atoms with E-state index in [-0.39, 0.29) is 11.5 Å². The molecular weight excluding hydrogens is 709 g/mol. The summed E-state index contributed by atoms with van der Waals surface area (Å²) in [7, 11) is -12.6. The first kappa shape index (κ1) is 40.3. The summed E-state index contributed by atoms with van der Waals surface area (Å²) in [5.74, 6) is 1.44. The molecule has 0 heterocycles. The zero-order chi connectivity index (χ0) is 33.5. The van der Waals surface area contributed by atoms with E-state index in [1.807, 2.05) is 55.1 Å². The zero-order valence-electron chi connectivity index (χ0n) is 28.6. The first-order valence-electron chi connectivity index (χ1n) is 15.6. The SMILES string of the molecule is CCCC(Oc1cccc(N)c1)[Si](C)(O[Si](C)(C)O[Si](C)(C)O[SiH](C)O[SiH2]O[SiH2]O[SiH2]O[SiH3])C(CCC)Oc1cccc(N)c1. The molecule has 0 amide bonds. The summed E-state index contributed by atoms with van der Waals surface area (Å²) >= 11 is 0. The van der Waals surface area contributed by atoms with E-state index in [0.29, 0.717) is 21.9 Å². The zero-order valence-corrected chi connectivity index (χ0v) is 39.0. The van der Waals surface area contributed by atoms with Gasteiger partial charge in [-0.05, 0) is 76.4 Å². The number of benzene rings is 2. The van der Waals surface area contributed by atoms with Crippen molar-refractivity contribution >= 4 is 86.6 Å². The van der Waals surface area contributed by atoms with Crippen molar-refractivity contribution in [3.05, 3.63) is 48.5 Å². The molecule has 45 heavy (non-hydrogen) atoms. The monoisotopic (exact) mass is 764 g/mol. The highest BCUT2D eigenvalue weighted by Gasteiger charge is 2.54. The van der Waals surface area contributed by atoms with E-state index in [4.69, 9.17) is 49.7 Å². The van der Waals surface area contributed by atoms with Crippen LogP contribution in [0.3, 0.4) is 0 Å². The predicted octanol–water partition coefficient (Wildman–Crippen LogP) is 1.95. The van der Waals surface area contributed by atoms with E-state index in [1.165, 1.54) is 0 Å². The lowest BCUT2D eigenvalue weighted by atomic mass is 10.3. The van der Waals surface area contributed by atoms with Crippen LogP contribution < -0.4 is 20.9 Å². The maximum absolute atomic E-state index is 7.35. The average molecular weight is 765 g/mol. The molecule has 2 aromatic carbocycles. The molecule has 3 atom stereocenters. The molecule has 4 N–H and O–H groups in total. The van der Waals surface area contributed by atoms with Crippen molar-refractivity contribution in [2.75, 3.05) is 11.5 Å². The Morgan fingerprint density at radius 3 is 1.73 bits per heavy atom. The molecule has 256 valence electrons. The third-order valence-corrected chi connectivity index (χ3v) is 27.5. The van der Waals surface area contributed by atoms with Gasteiger partial charge in [0, 0.05) is 23.5 Å². The van der Waals surface area contributed by atoms with Gasteiger partial charge in [-0.25, -0.2) is 0 Å². The van der Waals surface area contributed by atoms with Gasteiger partial charge >= 0.3 is 17.1 Å². The highest BCUT2D eigenvalue weighted by Crippen LogP contribution is 2.34. The first-order chi connectivity index (χ1) is 21.2. The fraction of sp³-hybridized carbons (Fsp3) is 0.538. The molecule has 2 aromatic rings. The van der Waals surface area contributed by atoms with E-state index in [0.717, 1.165) is 37.2 Å². The number of anilines is 2. The van der Waals surface area contributed by atoms with Gasteiger partial charge in [0.05, 0.1) is 0 Å². The van der Waals surface area contributed by atoms with Crippen LogP contribution in [0.25, 0.3) is 0 Å². The van der Waals surface area contributed by atoms with Crippen molar-refractivity contribution < 1.29 is 38.3 Å². The summed E-state index contributed by atoms with van der Waals surface area (Å²) in [5.41, 5.74) is 13.1. The molecule has 0 saturated heterocycles. The Hall–Kier alpha value is -0.905. The summed E-state index contributed by atoms with van der Waals surface area (Å²) in [6.45, 7) is 16.9. The molecule has 0 radical (unpaired) electrons. The van der Waals surface area contributed by atoms with Crippen LogP contribution in [0.4, 0.5) is 11.4 Å². The lowest BCUT2D eigenvalue weighted by molar-refractivity contribution is 0.174. The van der Waals surface area contributed by atoms with Crippen LogP contribution in [0.15, 0.2) is 48.5 Å². The molecule has 0 aliphatic rings. The van der Waals surface area contributed by atoms with Gasteiger partial charge in [-0.1, -0.05) is 38.8 Å². The van der Waals surface area contributed by atoms with Crippen molar-refractivity contribution in [2.24, 2.45) is 0 Å². The van der Waals surface area contributed by atoms with Crippen LogP contribution in [0.1, 0.15) is 39.5 Å². The predicted molar refractivity (Wildman–Crippen MR) is 203 cm³/mol. The van der Waals surface area contributed by atoms with Gasteiger partial charge in [-0.15, -0.1) is 0 Å². The number of ether oxygens (including phenoxy) is 2. The van der Waals surface area contributed by atoms with Gasteiger partial charge in [0.15, 0.2) is 0 Å². The molecule has 3 unspecified atom stereocenters. The molecule has 11 nitrogen and oxygen atoms in total. The van der Waals surface area contributed by atoms with Crippen molar-refractivity contribution in [3.8, 4) is 11.5 Å². The Morgan fingerprint density at radius 1 is 0.756 bits per heavy atom. The second-order valence-electron chi connectivity index (χ2n) is 12.0. The van der Waals surface area contributed by atoms with E-state index in [9.17, 15) is 0 Å². The molecule has 2 rings (SSSR count). The summed E-state index contributed by atoms with van der Waals surface area (Å²) in [4.78, 5) is 0. The largest absolute Gasteiger partial charge is 0.491 e. The number of nitrogen functional groups attached to an aromatic ring is 2. The standard InChI is InChI=1S/C26H56N2O9Si8/c1-9-13-25(29-23-17-11-15-21(27)19-23)45(8,26(14-10-2)30-24-18-12-16-22(28)20-24)37-44(6,7)36-43(4,5)35-42(3)34-41-33-40-32-39-31-38/h11-12,15-20,25-26,42H,9-10,13-14,27-28,39-41H2,1-8,38H3. The second kappa shape index (κ2) is 19.8.